The highest BCUT2D eigenvalue weighted by Crippen LogP contribution is 2.27. The van der Waals surface area contributed by atoms with Crippen molar-refractivity contribution < 1.29 is 18.3 Å². The molecule has 3 rings (SSSR count). The summed E-state index contributed by atoms with van der Waals surface area (Å²) in [7, 11) is 0. The van der Waals surface area contributed by atoms with Crippen molar-refractivity contribution >= 4 is 23.4 Å². The van der Waals surface area contributed by atoms with Crippen LogP contribution in [0.3, 0.4) is 0 Å². The van der Waals surface area contributed by atoms with E-state index in [0.717, 1.165) is 11.8 Å². The van der Waals surface area contributed by atoms with E-state index in [9.17, 15) is 9.18 Å². The molecule has 1 amide bonds. The summed E-state index contributed by atoms with van der Waals surface area (Å²) in [6.07, 6.45) is -0.537. The molecule has 0 spiro atoms. The normalized spacial score (nSPS) is 12.6. The minimum atomic E-state index is -0.537. The number of halogens is 1. The summed E-state index contributed by atoms with van der Waals surface area (Å²) in [5.41, 5.74) is 1.11. The van der Waals surface area contributed by atoms with Crippen molar-refractivity contribution in [1.29, 1.82) is 5.26 Å². The van der Waals surface area contributed by atoms with Crippen LogP contribution in [0.2, 0.25) is 0 Å². The maximum atomic E-state index is 13.0. The highest BCUT2D eigenvalue weighted by atomic mass is 32.2. The van der Waals surface area contributed by atoms with Gasteiger partial charge in [0.1, 0.15) is 11.6 Å². The Morgan fingerprint density at radius 3 is 2.52 bits per heavy atom. The van der Waals surface area contributed by atoms with E-state index < -0.39 is 11.4 Å². The molecule has 2 aromatic carbocycles. The summed E-state index contributed by atoms with van der Waals surface area (Å²) < 4.78 is 24.2. The molecule has 1 N–H and O–H groups in total. The fraction of sp³-hybridized carbons (Fsp3) is 0.200. The second-order valence-electron chi connectivity index (χ2n) is 6.06. The molecule has 0 fully saturated rings. The number of amides is 1. The van der Waals surface area contributed by atoms with E-state index >= 15 is 0 Å². The summed E-state index contributed by atoms with van der Waals surface area (Å²) in [5.74, 6) is 0.128. The molecule has 148 valence electrons. The van der Waals surface area contributed by atoms with Gasteiger partial charge in [0.05, 0.1) is 16.9 Å². The third kappa shape index (κ3) is 5.56. The lowest BCUT2D eigenvalue weighted by Gasteiger charge is -2.11. The zero-order chi connectivity index (χ0) is 20.8. The number of carbonyl (C=O) groups is 1. The second kappa shape index (κ2) is 9.21. The Morgan fingerprint density at radius 2 is 1.86 bits per heavy atom. The van der Waals surface area contributed by atoms with Gasteiger partial charge in [-0.25, -0.2) is 4.39 Å². The predicted octanol–water partition coefficient (Wildman–Crippen LogP) is 4.34. The summed E-state index contributed by atoms with van der Waals surface area (Å²) in [5, 5.41) is 19.2. The second-order valence-corrected chi connectivity index (χ2v) is 7.35. The molecule has 3 aromatic rings. The number of aromatic nitrogens is 2. The van der Waals surface area contributed by atoms with E-state index in [0.29, 0.717) is 17.0 Å². The number of ether oxygens (including phenoxy) is 1. The van der Waals surface area contributed by atoms with E-state index in [1.165, 1.54) is 24.3 Å². The average Bonchev–Trinajstić information content (AvgIpc) is 3.19. The van der Waals surface area contributed by atoms with E-state index in [-0.39, 0.29) is 22.8 Å². The van der Waals surface area contributed by atoms with Gasteiger partial charge in [0, 0.05) is 5.69 Å². The molecule has 0 aliphatic carbocycles. The van der Waals surface area contributed by atoms with Crippen LogP contribution in [0.25, 0.3) is 0 Å². The van der Waals surface area contributed by atoms with Crippen LogP contribution in [0.5, 0.6) is 5.75 Å². The Balaban J connectivity index is 1.56. The van der Waals surface area contributed by atoms with Gasteiger partial charge in [0.25, 0.3) is 11.1 Å². The van der Waals surface area contributed by atoms with Crippen LogP contribution in [0.1, 0.15) is 31.4 Å². The molecule has 0 unspecified atom stereocenters. The average molecular weight is 412 g/mol. The highest BCUT2D eigenvalue weighted by Gasteiger charge is 2.21. The molecule has 1 aromatic heterocycles. The van der Waals surface area contributed by atoms with Crippen molar-refractivity contribution in [3.8, 4) is 11.8 Å². The minimum Gasteiger partial charge on any atom is -0.481 e. The number of hydrogen-bond donors (Lipinski definition) is 1. The van der Waals surface area contributed by atoms with Crippen LogP contribution in [0.15, 0.2) is 58.2 Å². The molecule has 0 bridgehead atoms. The van der Waals surface area contributed by atoms with Crippen molar-refractivity contribution in [2.45, 2.75) is 30.4 Å². The largest absolute Gasteiger partial charge is 0.481 e. The fourth-order valence-electron chi connectivity index (χ4n) is 2.28. The molecule has 7 nitrogen and oxygen atoms in total. The molecule has 0 aliphatic heterocycles. The first-order chi connectivity index (χ1) is 13.9. The van der Waals surface area contributed by atoms with Crippen LogP contribution in [-0.2, 0) is 4.79 Å². The van der Waals surface area contributed by atoms with Crippen LogP contribution in [0.4, 0.5) is 10.1 Å². The number of benzene rings is 2. The van der Waals surface area contributed by atoms with Gasteiger partial charge in [-0.2, -0.15) is 5.26 Å². The zero-order valence-corrected chi connectivity index (χ0v) is 16.4. The summed E-state index contributed by atoms with van der Waals surface area (Å²) >= 11 is 1.12. The van der Waals surface area contributed by atoms with E-state index in [1.807, 2.05) is 6.07 Å². The minimum absolute atomic E-state index is 0.233. The molecule has 9 heteroatoms. The molecule has 29 heavy (non-hydrogen) atoms. The van der Waals surface area contributed by atoms with Crippen molar-refractivity contribution in [2.75, 3.05) is 5.32 Å². The van der Waals surface area contributed by atoms with Gasteiger partial charge in [-0.1, -0.05) is 11.8 Å². The first-order valence-electron chi connectivity index (χ1n) is 8.68. The van der Waals surface area contributed by atoms with Crippen LogP contribution in [-0.4, -0.2) is 21.4 Å². The summed E-state index contributed by atoms with van der Waals surface area (Å²) in [6.45, 7) is 3.44. The molecular weight excluding hydrogens is 395 g/mol. The Labute approximate surface area is 170 Å². The standard InChI is InChI=1S/C20H17FN4O3S/c1-12(27-17-9-5-15(21)6-10-17)19-24-25-20(28-19)29-13(2)18(26)23-16-7-3-14(11-22)4-8-16/h3-10,12-13H,1-2H3,(H,23,26)/t12-,13+/m1/s1. The first-order valence-corrected chi connectivity index (χ1v) is 9.56. The van der Waals surface area contributed by atoms with Crippen LogP contribution in [0, 0.1) is 17.1 Å². The van der Waals surface area contributed by atoms with Gasteiger partial charge in [0.2, 0.25) is 5.91 Å². The van der Waals surface area contributed by atoms with Gasteiger partial charge < -0.3 is 14.5 Å². The maximum Gasteiger partial charge on any atom is 0.277 e. The van der Waals surface area contributed by atoms with Gasteiger partial charge in [-0.15, -0.1) is 10.2 Å². The van der Waals surface area contributed by atoms with Crippen LogP contribution < -0.4 is 10.1 Å². The van der Waals surface area contributed by atoms with Gasteiger partial charge in [-0.3, -0.25) is 4.79 Å². The number of carbonyl (C=O) groups excluding carboxylic acids is 1. The lowest BCUT2D eigenvalue weighted by Crippen LogP contribution is -2.22. The SMILES string of the molecule is C[C@H](Sc1nnc([C@@H](C)Oc2ccc(F)cc2)o1)C(=O)Nc1ccc(C#N)cc1. The van der Waals surface area contributed by atoms with E-state index in [1.54, 1.807) is 38.1 Å². The molecular formula is C20H17FN4O3S. The smallest absolute Gasteiger partial charge is 0.277 e. The number of thioether (sulfide) groups is 1. The number of nitriles is 1. The van der Waals surface area contributed by atoms with Crippen LogP contribution >= 0.6 is 11.8 Å². The zero-order valence-electron chi connectivity index (χ0n) is 15.6. The predicted molar refractivity (Wildman–Crippen MR) is 105 cm³/mol. The van der Waals surface area contributed by atoms with E-state index in [4.69, 9.17) is 14.4 Å². The molecule has 0 radical (unpaired) electrons. The summed E-state index contributed by atoms with van der Waals surface area (Å²) in [4.78, 5) is 12.3. The van der Waals surface area contributed by atoms with E-state index in [2.05, 4.69) is 15.5 Å². The lowest BCUT2D eigenvalue weighted by molar-refractivity contribution is -0.115. The van der Waals surface area contributed by atoms with Gasteiger partial charge in [-0.05, 0) is 62.4 Å². The highest BCUT2D eigenvalue weighted by molar-refractivity contribution is 8.00. The Bertz CT molecular complexity index is 1020. The number of anilines is 1. The topological polar surface area (TPSA) is 101 Å². The Morgan fingerprint density at radius 1 is 1.17 bits per heavy atom. The molecule has 0 aliphatic rings. The molecule has 0 saturated heterocycles. The van der Waals surface area contributed by atoms with Crippen molar-refractivity contribution in [3.05, 3.63) is 65.8 Å². The van der Waals surface area contributed by atoms with Crippen molar-refractivity contribution in [1.82, 2.24) is 10.2 Å². The lowest BCUT2D eigenvalue weighted by atomic mass is 10.2. The first kappa shape index (κ1) is 20.4. The van der Waals surface area contributed by atoms with Gasteiger partial charge in [0.15, 0.2) is 6.10 Å². The number of nitrogens with one attached hydrogen (secondary N) is 1. The van der Waals surface area contributed by atoms with Gasteiger partial charge >= 0.3 is 0 Å². The molecule has 2 atom stereocenters. The third-order valence-electron chi connectivity index (χ3n) is 3.82. The Hall–Kier alpha value is -3.38. The summed E-state index contributed by atoms with van der Waals surface area (Å²) in [6, 6.07) is 14.2. The monoisotopic (exact) mass is 412 g/mol. The van der Waals surface area contributed by atoms with Crippen molar-refractivity contribution in [2.24, 2.45) is 0 Å². The number of hydrogen-bond acceptors (Lipinski definition) is 7. The number of rotatable bonds is 7. The quantitative estimate of drug-likeness (QED) is 0.576. The Kier molecular flexibility index (Phi) is 6.46. The van der Waals surface area contributed by atoms with Crippen molar-refractivity contribution in [3.63, 3.8) is 0 Å². The third-order valence-corrected chi connectivity index (χ3v) is 4.76. The maximum absolute atomic E-state index is 13.0. The molecule has 1 heterocycles. The number of nitrogens with zero attached hydrogens (tertiary/aromatic N) is 3. The fourth-order valence-corrected chi connectivity index (χ4v) is 2.97. The molecule has 0 saturated carbocycles.